The van der Waals surface area contributed by atoms with E-state index in [0.717, 1.165) is 6.07 Å². The van der Waals surface area contributed by atoms with Gasteiger partial charge in [-0.2, -0.15) is 0 Å². The van der Waals surface area contributed by atoms with Crippen LogP contribution in [-0.4, -0.2) is 18.0 Å². The van der Waals surface area contributed by atoms with E-state index in [1.807, 2.05) is 0 Å². The van der Waals surface area contributed by atoms with Gasteiger partial charge < -0.3 is 9.84 Å². The molecule has 0 aliphatic heterocycles. The number of carbonyl (C=O) groups excluding carboxylic acids is 1. The number of methoxy groups -OCH3 is 1. The average Bonchev–Trinajstić information content (AvgIpc) is 2.10. The van der Waals surface area contributed by atoms with Crippen molar-refractivity contribution in [3.05, 3.63) is 21.9 Å². The molecule has 0 spiro atoms. The predicted molar refractivity (Wildman–Crippen MR) is 52.3 cm³/mol. The first kappa shape index (κ1) is 11.0. The third-order valence-electron chi connectivity index (χ3n) is 1.73. The van der Waals surface area contributed by atoms with Gasteiger partial charge >= 0.3 is 0 Å². The maximum atomic E-state index is 13.3. The third-order valence-corrected chi connectivity index (χ3v) is 2.50. The Balaban J connectivity index is 3.49. The summed E-state index contributed by atoms with van der Waals surface area (Å²) in [4.78, 5) is 11.0. The van der Waals surface area contributed by atoms with Gasteiger partial charge in [0.05, 0.1) is 17.1 Å². The van der Waals surface area contributed by atoms with E-state index in [9.17, 15) is 14.3 Å². The fraction of sp³-hybridized carbons (Fsp3) is 0.222. The maximum Gasteiger partial charge on any atom is 0.173 e. The van der Waals surface area contributed by atoms with Gasteiger partial charge in [0.25, 0.3) is 0 Å². The number of carbonyl (C=O) groups is 1. The van der Waals surface area contributed by atoms with Crippen molar-refractivity contribution in [3.8, 4) is 11.5 Å². The van der Waals surface area contributed by atoms with E-state index in [2.05, 4.69) is 15.9 Å². The Bertz CT molecular complexity index is 390. The molecule has 14 heavy (non-hydrogen) atoms. The highest BCUT2D eigenvalue weighted by Gasteiger charge is 2.19. The van der Waals surface area contributed by atoms with Crippen LogP contribution in [0.15, 0.2) is 10.5 Å². The molecule has 0 saturated carbocycles. The number of aromatic hydroxyl groups is 1. The van der Waals surface area contributed by atoms with Crippen molar-refractivity contribution in [2.45, 2.75) is 6.92 Å². The summed E-state index contributed by atoms with van der Waals surface area (Å²) < 4.78 is 18.0. The van der Waals surface area contributed by atoms with Crippen molar-refractivity contribution in [3.63, 3.8) is 0 Å². The molecule has 5 heteroatoms. The third kappa shape index (κ3) is 1.72. The summed E-state index contributed by atoms with van der Waals surface area (Å²) in [5.41, 5.74) is -0.178. The molecule has 0 radical (unpaired) electrons. The first-order valence-electron chi connectivity index (χ1n) is 3.75. The molecule has 1 N–H and O–H groups in total. The predicted octanol–water partition coefficient (Wildman–Crippen LogP) is 2.51. The standard InChI is InChI=1S/C9H8BrFO3/c1-4(12)7-5(11)3-6(14-2)9(13)8(7)10/h3,13H,1-2H3. The Hall–Kier alpha value is -1.10. The van der Waals surface area contributed by atoms with Gasteiger partial charge in [0, 0.05) is 6.07 Å². The molecule has 0 heterocycles. The molecule has 0 aromatic heterocycles. The second-order valence-electron chi connectivity index (χ2n) is 2.65. The summed E-state index contributed by atoms with van der Waals surface area (Å²) in [7, 11) is 1.30. The minimum atomic E-state index is -0.723. The van der Waals surface area contributed by atoms with E-state index in [1.54, 1.807) is 0 Å². The summed E-state index contributed by atoms with van der Waals surface area (Å²) in [5.74, 6) is -1.48. The lowest BCUT2D eigenvalue weighted by Crippen LogP contribution is -2.00. The second-order valence-corrected chi connectivity index (χ2v) is 3.45. The van der Waals surface area contributed by atoms with Crippen LogP contribution in [0.25, 0.3) is 0 Å². The van der Waals surface area contributed by atoms with Crippen LogP contribution < -0.4 is 4.74 Å². The molecule has 0 atom stereocenters. The van der Waals surface area contributed by atoms with E-state index >= 15 is 0 Å². The summed E-state index contributed by atoms with van der Waals surface area (Å²) in [6, 6.07) is 0.969. The van der Waals surface area contributed by atoms with E-state index in [4.69, 9.17) is 4.74 Å². The van der Waals surface area contributed by atoms with Crippen LogP contribution in [0.2, 0.25) is 0 Å². The number of hydrogen-bond donors (Lipinski definition) is 1. The molecule has 0 amide bonds. The van der Waals surface area contributed by atoms with Crippen molar-refractivity contribution in [1.82, 2.24) is 0 Å². The highest BCUT2D eigenvalue weighted by molar-refractivity contribution is 9.10. The number of ketones is 1. The van der Waals surface area contributed by atoms with Crippen LogP contribution in [0.3, 0.4) is 0 Å². The zero-order valence-corrected chi connectivity index (χ0v) is 9.18. The molecule has 0 aliphatic carbocycles. The van der Waals surface area contributed by atoms with Crippen molar-refractivity contribution < 1.29 is 19.0 Å². The zero-order valence-electron chi connectivity index (χ0n) is 7.60. The molecule has 0 unspecified atom stereocenters. The quantitative estimate of drug-likeness (QED) is 0.834. The van der Waals surface area contributed by atoms with Crippen molar-refractivity contribution in [2.24, 2.45) is 0 Å². The van der Waals surface area contributed by atoms with Crippen LogP contribution in [0, 0.1) is 5.82 Å². The van der Waals surface area contributed by atoms with Gasteiger partial charge in [0.2, 0.25) is 0 Å². The topological polar surface area (TPSA) is 46.5 Å². The van der Waals surface area contributed by atoms with Crippen LogP contribution in [0.5, 0.6) is 11.5 Å². The van der Waals surface area contributed by atoms with Crippen LogP contribution >= 0.6 is 15.9 Å². The van der Waals surface area contributed by atoms with E-state index in [0.29, 0.717) is 0 Å². The van der Waals surface area contributed by atoms with Crippen molar-refractivity contribution in [1.29, 1.82) is 0 Å². The highest BCUT2D eigenvalue weighted by atomic mass is 79.9. The zero-order chi connectivity index (χ0) is 10.9. The van der Waals surface area contributed by atoms with Gasteiger partial charge in [0.15, 0.2) is 17.3 Å². The highest BCUT2D eigenvalue weighted by Crippen LogP contribution is 2.38. The first-order valence-corrected chi connectivity index (χ1v) is 4.54. The lowest BCUT2D eigenvalue weighted by molar-refractivity contribution is 0.101. The van der Waals surface area contributed by atoms with Crippen molar-refractivity contribution >= 4 is 21.7 Å². The number of benzene rings is 1. The molecular weight excluding hydrogens is 255 g/mol. The molecule has 76 valence electrons. The number of phenols is 1. The minimum Gasteiger partial charge on any atom is -0.503 e. The molecule has 0 aliphatic rings. The van der Waals surface area contributed by atoms with Crippen LogP contribution in [-0.2, 0) is 0 Å². The van der Waals surface area contributed by atoms with Gasteiger partial charge in [-0.1, -0.05) is 0 Å². The molecular formula is C9H8BrFO3. The van der Waals surface area contributed by atoms with Gasteiger partial charge in [0.1, 0.15) is 5.82 Å². The number of rotatable bonds is 2. The monoisotopic (exact) mass is 262 g/mol. The van der Waals surface area contributed by atoms with E-state index < -0.39 is 11.6 Å². The number of ether oxygens (including phenoxy) is 1. The smallest absolute Gasteiger partial charge is 0.173 e. The van der Waals surface area contributed by atoms with E-state index in [1.165, 1.54) is 14.0 Å². The fourth-order valence-electron chi connectivity index (χ4n) is 1.07. The number of phenolic OH excluding ortho intramolecular Hbond substituents is 1. The van der Waals surface area contributed by atoms with Gasteiger partial charge in [-0.3, -0.25) is 4.79 Å². The Morgan fingerprint density at radius 1 is 1.64 bits per heavy atom. The molecule has 0 bridgehead atoms. The average molecular weight is 263 g/mol. The number of Topliss-reactive ketones (excluding diaryl/α,β-unsaturated/α-hetero) is 1. The first-order chi connectivity index (χ1) is 6.49. The molecule has 0 fully saturated rings. The van der Waals surface area contributed by atoms with Gasteiger partial charge in [-0.25, -0.2) is 4.39 Å². The van der Waals surface area contributed by atoms with Crippen LogP contribution in [0.4, 0.5) is 4.39 Å². The SMILES string of the molecule is COc1cc(F)c(C(C)=O)c(Br)c1O. The number of hydrogen-bond acceptors (Lipinski definition) is 3. The molecule has 1 aromatic carbocycles. The lowest BCUT2D eigenvalue weighted by atomic mass is 10.1. The van der Waals surface area contributed by atoms with Crippen molar-refractivity contribution in [2.75, 3.05) is 7.11 Å². The summed E-state index contributed by atoms with van der Waals surface area (Å²) in [6.45, 7) is 1.22. The summed E-state index contributed by atoms with van der Waals surface area (Å²) in [5, 5.41) is 9.46. The largest absolute Gasteiger partial charge is 0.503 e. The van der Waals surface area contributed by atoms with E-state index in [-0.39, 0.29) is 21.5 Å². The lowest BCUT2D eigenvalue weighted by Gasteiger charge is -2.08. The molecule has 1 aromatic rings. The molecule has 0 saturated heterocycles. The van der Waals surface area contributed by atoms with Gasteiger partial charge in [-0.15, -0.1) is 0 Å². The Morgan fingerprint density at radius 3 is 2.64 bits per heavy atom. The number of halogens is 2. The van der Waals surface area contributed by atoms with Crippen LogP contribution in [0.1, 0.15) is 17.3 Å². The Morgan fingerprint density at radius 2 is 2.21 bits per heavy atom. The fourth-order valence-corrected chi connectivity index (χ4v) is 1.73. The minimum absolute atomic E-state index is 0.0145. The Labute approximate surface area is 88.6 Å². The molecule has 3 nitrogen and oxygen atoms in total. The molecule has 1 rings (SSSR count). The summed E-state index contributed by atoms with van der Waals surface area (Å²) >= 11 is 2.93. The van der Waals surface area contributed by atoms with Gasteiger partial charge in [-0.05, 0) is 22.9 Å². The summed E-state index contributed by atoms with van der Waals surface area (Å²) in [6.07, 6.45) is 0. The normalized spacial score (nSPS) is 10.0. The maximum absolute atomic E-state index is 13.3. The Kier molecular flexibility index (Phi) is 3.10. The second kappa shape index (κ2) is 3.96.